The van der Waals surface area contributed by atoms with Crippen molar-refractivity contribution in [2.45, 2.75) is 6.61 Å². The van der Waals surface area contributed by atoms with Crippen molar-refractivity contribution >= 4 is 29.0 Å². The van der Waals surface area contributed by atoms with Crippen LogP contribution in [-0.2, 0) is 16.1 Å². The lowest BCUT2D eigenvalue weighted by molar-refractivity contribution is -0.126. The molecule has 0 saturated heterocycles. The fourth-order valence-corrected chi connectivity index (χ4v) is 1.49. The summed E-state index contributed by atoms with van der Waals surface area (Å²) in [7, 11) is 0. The van der Waals surface area contributed by atoms with E-state index >= 15 is 0 Å². The molecule has 3 nitrogen and oxygen atoms in total. The number of aliphatic hydroxyl groups excluding tert-OH is 1. The summed E-state index contributed by atoms with van der Waals surface area (Å²) in [6.45, 7) is -0.501. The quantitative estimate of drug-likeness (QED) is 0.868. The van der Waals surface area contributed by atoms with Crippen LogP contribution < -0.4 is 0 Å². The molecule has 82 valence electrons. The molecular formula is C10H10Cl2O3. The van der Waals surface area contributed by atoms with Gasteiger partial charge in [-0.1, -0.05) is 29.3 Å². The van der Waals surface area contributed by atoms with E-state index in [9.17, 15) is 4.79 Å². The lowest BCUT2D eigenvalue weighted by atomic mass is 10.2. The number of rotatable bonds is 5. The van der Waals surface area contributed by atoms with Gasteiger partial charge >= 0.3 is 0 Å². The molecule has 0 saturated carbocycles. The van der Waals surface area contributed by atoms with Crippen LogP contribution in [0.3, 0.4) is 0 Å². The highest BCUT2D eigenvalue weighted by Crippen LogP contribution is 2.24. The van der Waals surface area contributed by atoms with Crippen molar-refractivity contribution in [1.29, 1.82) is 0 Å². The van der Waals surface area contributed by atoms with Gasteiger partial charge in [-0.3, -0.25) is 4.79 Å². The number of Topliss-reactive ketones (excluding diaryl/α,β-unsaturated/α-hetero) is 1. The van der Waals surface area contributed by atoms with E-state index in [1.165, 1.54) is 0 Å². The molecular weight excluding hydrogens is 239 g/mol. The van der Waals surface area contributed by atoms with Crippen LogP contribution in [0.4, 0.5) is 0 Å². The summed E-state index contributed by atoms with van der Waals surface area (Å²) in [5, 5.41) is 9.46. The van der Waals surface area contributed by atoms with E-state index in [2.05, 4.69) is 0 Å². The van der Waals surface area contributed by atoms with Gasteiger partial charge in [-0.25, -0.2) is 0 Å². The first-order chi connectivity index (χ1) is 7.15. The van der Waals surface area contributed by atoms with Crippen molar-refractivity contribution in [1.82, 2.24) is 0 Å². The highest BCUT2D eigenvalue weighted by molar-refractivity contribution is 6.35. The number of halogens is 2. The molecule has 0 atom stereocenters. The maximum atomic E-state index is 10.7. The number of hydrogen-bond acceptors (Lipinski definition) is 3. The Morgan fingerprint density at radius 1 is 1.33 bits per heavy atom. The van der Waals surface area contributed by atoms with Crippen LogP contribution in [0.5, 0.6) is 0 Å². The molecule has 0 aliphatic heterocycles. The summed E-state index contributed by atoms with van der Waals surface area (Å²) in [6, 6.07) is 5.12. The summed E-state index contributed by atoms with van der Waals surface area (Å²) in [5.74, 6) is -0.377. The fraction of sp³-hybridized carbons (Fsp3) is 0.300. The molecule has 0 heterocycles. The van der Waals surface area contributed by atoms with Crippen LogP contribution in [0.2, 0.25) is 10.0 Å². The predicted octanol–water partition coefficient (Wildman–Crippen LogP) is 2.07. The molecule has 0 spiro atoms. The van der Waals surface area contributed by atoms with E-state index in [0.717, 1.165) is 0 Å². The van der Waals surface area contributed by atoms with E-state index < -0.39 is 6.61 Å². The van der Waals surface area contributed by atoms with Gasteiger partial charge in [0.05, 0.1) is 6.61 Å². The number of carbonyl (C=O) groups excluding carboxylic acids is 1. The first-order valence-electron chi connectivity index (χ1n) is 4.28. The Morgan fingerprint density at radius 2 is 1.93 bits per heavy atom. The second kappa shape index (κ2) is 6.08. The van der Waals surface area contributed by atoms with Crippen LogP contribution in [-0.4, -0.2) is 24.1 Å². The molecule has 0 aliphatic rings. The standard InChI is InChI=1S/C10H10Cl2O3/c11-9-2-1-3-10(12)8(9)6-15-5-7(14)4-13/h1-3,13H,4-6H2. The third-order valence-corrected chi connectivity index (χ3v) is 2.46. The average molecular weight is 249 g/mol. The van der Waals surface area contributed by atoms with Crippen LogP contribution in [0.15, 0.2) is 18.2 Å². The van der Waals surface area contributed by atoms with E-state index in [4.69, 9.17) is 33.0 Å². The van der Waals surface area contributed by atoms with Crippen LogP contribution in [0.25, 0.3) is 0 Å². The molecule has 0 unspecified atom stereocenters. The van der Waals surface area contributed by atoms with Crippen molar-refractivity contribution in [2.24, 2.45) is 0 Å². The number of benzene rings is 1. The van der Waals surface area contributed by atoms with Crippen molar-refractivity contribution in [3.8, 4) is 0 Å². The summed E-state index contributed by atoms with van der Waals surface area (Å²) in [5.41, 5.74) is 0.645. The molecule has 0 aliphatic carbocycles. The van der Waals surface area contributed by atoms with Gasteiger partial charge in [0.15, 0.2) is 5.78 Å². The summed E-state index contributed by atoms with van der Waals surface area (Å²) >= 11 is 11.8. The number of ketones is 1. The van der Waals surface area contributed by atoms with Gasteiger partial charge in [0.2, 0.25) is 0 Å². The minimum absolute atomic E-state index is 0.141. The van der Waals surface area contributed by atoms with E-state index in [-0.39, 0.29) is 19.0 Å². The van der Waals surface area contributed by atoms with E-state index in [1.807, 2.05) is 0 Å². The third-order valence-electron chi connectivity index (χ3n) is 1.75. The van der Waals surface area contributed by atoms with Gasteiger partial charge in [0, 0.05) is 15.6 Å². The minimum atomic E-state index is -0.518. The Labute approximate surface area is 97.6 Å². The summed E-state index contributed by atoms with van der Waals surface area (Å²) in [6.07, 6.45) is 0. The Bertz CT molecular complexity index is 332. The van der Waals surface area contributed by atoms with Crippen molar-refractivity contribution in [3.63, 3.8) is 0 Å². The Balaban J connectivity index is 2.54. The first-order valence-corrected chi connectivity index (χ1v) is 5.04. The zero-order valence-corrected chi connectivity index (χ0v) is 9.38. The highest BCUT2D eigenvalue weighted by atomic mass is 35.5. The molecule has 0 radical (unpaired) electrons. The molecule has 1 aromatic rings. The number of aliphatic hydroxyl groups is 1. The molecule has 1 N–H and O–H groups in total. The van der Waals surface area contributed by atoms with E-state index in [0.29, 0.717) is 15.6 Å². The maximum absolute atomic E-state index is 10.7. The number of hydrogen-bond donors (Lipinski definition) is 1. The molecule has 1 rings (SSSR count). The topological polar surface area (TPSA) is 46.5 Å². The normalized spacial score (nSPS) is 10.3. The predicted molar refractivity (Wildman–Crippen MR) is 58.2 cm³/mol. The van der Waals surface area contributed by atoms with Crippen molar-refractivity contribution in [3.05, 3.63) is 33.8 Å². The molecule has 1 aromatic carbocycles. The van der Waals surface area contributed by atoms with Crippen LogP contribution in [0.1, 0.15) is 5.56 Å². The fourth-order valence-electron chi connectivity index (χ4n) is 0.983. The first kappa shape index (κ1) is 12.5. The number of ether oxygens (including phenoxy) is 1. The Hall–Kier alpha value is -0.610. The van der Waals surface area contributed by atoms with Crippen LogP contribution in [0, 0.1) is 0 Å². The van der Waals surface area contributed by atoms with Gasteiger partial charge in [-0.05, 0) is 12.1 Å². The second-order valence-corrected chi connectivity index (χ2v) is 3.70. The van der Waals surface area contributed by atoms with E-state index in [1.54, 1.807) is 18.2 Å². The monoisotopic (exact) mass is 248 g/mol. The summed E-state index contributed by atoms with van der Waals surface area (Å²) in [4.78, 5) is 10.7. The second-order valence-electron chi connectivity index (χ2n) is 2.89. The minimum Gasteiger partial charge on any atom is -0.388 e. The SMILES string of the molecule is O=C(CO)COCc1c(Cl)cccc1Cl. The Morgan fingerprint density at radius 3 is 2.47 bits per heavy atom. The van der Waals surface area contributed by atoms with Gasteiger partial charge in [-0.15, -0.1) is 0 Å². The van der Waals surface area contributed by atoms with Gasteiger partial charge in [-0.2, -0.15) is 0 Å². The molecule has 0 fully saturated rings. The van der Waals surface area contributed by atoms with Crippen molar-refractivity contribution < 1.29 is 14.6 Å². The zero-order valence-electron chi connectivity index (χ0n) is 7.87. The zero-order chi connectivity index (χ0) is 11.3. The molecule has 0 aromatic heterocycles. The highest BCUT2D eigenvalue weighted by Gasteiger charge is 2.06. The molecule has 15 heavy (non-hydrogen) atoms. The molecule has 0 bridgehead atoms. The van der Waals surface area contributed by atoms with Crippen molar-refractivity contribution in [2.75, 3.05) is 13.2 Å². The third kappa shape index (κ3) is 3.80. The smallest absolute Gasteiger partial charge is 0.183 e. The number of carbonyl (C=O) groups is 1. The molecule has 5 heteroatoms. The largest absolute Gasteiger partial charge is 0.388 e. The summed E-state index contributed by atoms with van der Waals surface area (Å²) < 4.78 is 5.06. The maximum Gasteiger partial charge on any atom is 0.183 e. The van der Waals surface area contributed by atoms with Gasteiger partial charge in [0.1, 0.15) is 13.2 Å². The lowest BCUT2D eigenvalue weighted by Gasteiger charge is -2.06. The molecule has 0 amide bonds. The lowest BCUT2D eigenvalue weighted by Crippen LogP contribution is -2.12. The van der Waals surface area contributed by atoms with Gasteiger partial charge < -0.3 is 9.84 Å². The van der Waals surface area contributed by atoms with Gasteiger partial charge in [0.25, 0.3) is 0 Å². The Kier molecular flexibility index (Phi) is 5.05. The van der Waals surface area contributed by atoms with Crippen LogP contribution >= 0.6 is 23.2 Å². The average Bonchev–Trinajstić information content (AvgIpc) is 2.22.